The molecule has 2 unspecified atom stereocenters. The Morgan fingerprint density at radius 3 is 2.52 bits per heavy atom. The highest BCUT2D eigenvalue weighted by Gasteiger charge is 2.43. The highest BCUT2D eigenvalue weighted by Crippen LogP contribution is 2.34. The molecule has 7 nitrogen and oxygen atoms in total. The molecule has 162 valence electrons. The summed E-state index contributed by atoms with van der Waals surface area (Å²) in [5.74, 6) is 0.725. The molecule has 0 aliphatic carbocycles. The van der Waals surface area contributed by atoms with Gasteiger partial charge in [-0.1, -0.05) is 48.5 Å². The zero-order valence-corrected chi connectivity index (χ0v) is 18.0. The van der Waals surface area contributed by atoms with Gasteiger partial charge in [-0.05, 0) is 34.9 Å². The Hall–Kier alpha value is -2.78. The van der Waals surface area contributed by atoms with Crippen molar-refractivity contribution in [2.75, 3.05) is 13.7 Å². The van der Waals surface area contributed by atoms with Gasteiger partial charge in [0, 0.05) is 26.0 Å². The second-order valence-electron chi connectivity index (χ2n) is 7.40. The Kier molecular flexibility index (Phi) is 6.62. The van der Waals surface area contributed by atoms with E-state index in [0.29, 0.717) is 6.61 Å². The lowest BCUT2D eigenvalue weighted by atomic mass is 10.0. The lowest BCUT2D eigenvalue weighted by Crippen LogP contribution is -2.39. The van der Waals surface area contributed by atoms with Crippen molar-refractivity contribution in [2.24, 2.45) is 0 Å². The predicted molar refractivity (Wildman–Crippen MR) is 117 cm³/mol. The summed E-state index contributed by atoms with van der Waals surface area (Å²) in [6.07, 6.45) is 3.30. The molecule has 2 atom stereocenters. The van der Waals surface area contributed by atoms with Gasteiger partial charge in [-0.2, -0.15) is 5.06 Å². The van der Waals surface area contributed by atoms with E-state index in [2.05, 4.69) is 9.71 Å². The average molecular weight is 440 g/mol. The van der Waals surface area contributed by atoms with E-state index in [1.54, 1.807) is 30.6 Å². The van der Waals surface area contributed by atoms with Gasteiger partial charge in [0.05, 0.1) is 12.6 Å². The lowest BCUT2D eigenvalue weighted by molar-refractivity contribution is -0.110. The smallest absolute Gasteiger partial charge is 0.219 e. The van der Waals surface area contributed by atoms with Gasteiger partial charge in [-0.25, -0.2) is 13.1 Å². The molecule has 31 heavy (non-hydrogen) atoms. The van der Waals surface area contributed by atoms with Crippen LogP contribution >= 0.6 is 0 Å². The first kappa shape index (κ1) is 21.5. The first-order valence-corrected chi connectivity index (χ1v) is 11.6. The zero-order valence-electron chi connectivity index (χ0n) is 17.2. The van der Waals surface area contributed by atoms with Crippen molar-refractivity contribution in [3.63, 3.8) is 0 Å². The number of nitrogens with one attached hydrogen (secondary N) is 1. The number of hydrogen-bond donors (Lipinski definition) is 1. The normalized spacial score (nSPS) is 19.4. The summed E-state index contributed by atoms with van der Waals surface area (Å²) in [4.78, 5) is 9.60. The first-order chi connectivity index (χ1) is 15.0. The largest absolute Gasteiger partial charge is 0.489 e. The number of aromatic nitrogens is 1. The van der Waals surface area contributed by atoms with Crippen molar-refractivity contribution < 1.29 is 18.0 Å². The third-order valence-electron chi connectivity index (χ3n) is 5.26. The molecule has 0 bridgehead atoms. The van der Waals surface area contributed by atoms with Gasteiger partial charge in [0.1, 0.15) is 17.6 Å². The second kappa shape index (κ2) is 9.57. The molecule has 3 aromatic rings. The van der Waals surface area contributed by atoms with Crippen LogP contribution in [0.5, 0.6) is 5.75 Å². The van der Waals surface area contributed by atoms with Gasteiger partial charge in [0.15, 0.2) is 0 Å². The number of benzene rings is 2. The van der Waals surface area contributed by atoms with E-state index in [4.69, 9.17) is 9.57 Å². The molecule has 0 radical (unpaired) electrons. The van der Waals surface area contributed by atoms with Crippen molar-refractivity contribution in [3.05, 3.63) is 95.8 Å². The Morgan fingerprint density at radius 2 is 1.81 bits per heavy atom. The summed E-state index contributed by atoms with van der Waals surface area (Å²) < 4.78 is 34.5. The topological polar surface area (TPSA) is 80.8 Å². The fourth-order valence-electron chi connectivity index (χ4n) is 3.58. The Bertz CT molecular complexity index is 1080. The molecule has 0 saturated carbocycles. The van der Waals surface area contributed by atoms with Crippen molar-refractivity contribution in [3.8, 4) is 5.75 Å². The van der Waals surface area contributed by atoms with E-state index in [-0.39, 0.29) is 13.2 Å². The minimum absolute atomic E-state index is 0.0931. The standard InChI is InChI=1S/C23H25N3O4S/c1-26-23(20-9-11-21(12-10-20)29-16-18-6-3-2-4-7-18)22(17-30-26)31(27,28)25-15-19-8-5-13-24-14-19/h2-14,22-23,25H,15-17H2,1H3. The molecule has 1 aromatic heterocycles. The molecule has 1 N–H and O–H groups in total. The first-order valence-electron chi connectivity index (χ1n) is 10.0. The summed E-state index contributed by atoms with van der Waals surface area (Å²) in [5.41, 5.74) is 2.74. The van der Waals surface area contributed by atoms with Crippen LogP contribution < -0.4 is 9.46 Å². The molecule has 0 amide bonds. The number of ether oxygens (including phenoxy) is 1. The van der Waals surface area contributed by atoms with E-state index in [9.17, 15) is 8.42 Å². The van der Waals surface area contributed by atoms with Crippen molar-refractivity contribution >= 4 is 10.0 Å². The predicted octanol–water partition coefficient (Wildman–Crippen LogP) is 3.07. The van der Waals surface area contributed by atoms with Crippen molar-refractivity contribution in [2.45, 2.75) is 24.4 Å². The minimum atomic E-state index is -3.62. The molecule has 1 saturated heterocycles. The van der Waals surface area contributed by atoms with E-state index in [1.807, 2.05) is 60.7 Å². The van der Waals surface area contributed by atoms with Crippen LogP contribution in [0.4, 0.5) is 0 Å². The van der Waals surface area contributed by atoms with Crippen LogP contribution in [-0.4, -0.2) is 37.4 Å². The molecular formula is C23H25N3O4S. The molecule has 4 rings (SSSR count). The third-order valence-corrected chi connectivity index (χ3v) is 6.99. The average Bonchev–Trinajstić information content (AvgIpc) is 3.20. The molecule has 1 aliphatic heterocycles. The SMILES string of the molecule is CN1OCC(S(=O)(=O)NCc2cccnc2)C1c1ccc(OCc2ccccc2)cc1. The molecule has 2 heterocycles. The van der Waals surface area contributed by atoms with Gasteiger partial charge >= 0.3 is 0 Å². The van der Waals surface area contributed by atoms with Crippen molar-refractivity contribution in [1.82, 2.24) is 14.8 Å². The number of hydroxylamine groups is 2. The summed E-state index contributed by atoms with van der Waals surface area (Å²) in [6, 6.07) is 20.6. The van der Waals surface area contributed by atoms with Gasteiger partial charge in [0.25, 0.3) is 0 Å². The Balaban J connectivity index is 1.44. The van der Waals surface area contributed by atoms with E-state index in [0.717, 1.165) is 22.4 Å². The number of sulfonamides is 1. The van der Waals surface area contributed by atoms with Crippen LogP contribution in [-0.2, 0) is 28.0 Å². The molecule has 2 aromatic carbocycles. The van der Waals surface area contributed by atoms with Crippen LogP contribution in [0.2, 0.25) is 0 Å². The Morgan fingerprint density at radius 1 is 1.06 bits per heavy atom. The molecule has 8 heteroatoms. The fourth-order valence-corrected chi connectivity index (χ4v) is 5.07. The quantitative estimate of drug-likeness (QED) is 0.581. The maximum absolute atomic E-state index is 13.0. The highest BCUT2D eigenvalue weighted by atomic mass is 32.2. The van der Waals surface area contributed by atoms with Gasteiger partial charge in [-0.15, -0.1) is 0 Å². The molecular weight excluding hydrogens is 414 g/mol. The van der Waals surface area contributed by atoms with Crippen LogP contribution in [0.1, 0.15) is 22.7 Å². The van der Waals surface area contributed by atoms with E-state index < -0.39 is 21.3 Å². The van der Waals surface area contributed by atoms with E-state index in [1.165, 1.54) is 0 Å². The number of pyridine rings is 1. The maximum atomic E-state index is 13.0. The number of rotatable bonds is 8. The van der Waals surface area contributed by atoms with Gasteiger partial charge in [0.2, 0.25) is 10.0 Å². The summed E-state index contributed by atoms with van der Waals surface area (Å²) in [6.45, 7) is 0.757. The van der Waals surface area contributed by atoms with Gasteiger partial charge in [-0.3, -0.25) is 9.82 Å². The number of hydrogen-bond acceptors (Lipinski definition) is 6. The van der Waals surface area contributed by atoms with Crippen molar-refractivity contribution in [1.29, 1.82) is 0 Å². The Labute approximate surface area is 182 Å². The summed E-state index contributed by atoms with van der Waals surface area (Å²) >= 11 is 0. The molecule has 1 fully saturated rings. The van der Waals surface area contributed by atoms with Crippen LogP contribution in [0, 0.1) is 0 Å². The maximum Gasteiger partial charge on any atom is 0.219 e. The van der Waals surface area contributed by atoms with Crippen LogP contribution in [0.25, 0.3) is 0 Å². The minimum Gasteiger partial charge on any atom is -0.489 e. The summed E-state index contributed by atoms with van der Waals surface area (Å²) in [7, 11) is -1.87. The van der Waals surface area contributed by atoms with Crippen LogP contribution in [0.3, 0.4) is 0 Å². The third kappa shape index (κ3) is 5.29. The monoisotopic (exact) mass is 439 g/mol. The van der Waals surface area contributed by atoms with E-state index >= 15 is 0 Å². The molecule has 0 spiro atoms. The molecule has 1 aliphatic rings. The lowest BCUT2D eigenvalue weighted by Gasteiger charge is -2.23. The number of nitrogens with zero attached hydrogens (tertiary/aromatic N) is 2. The van der Waals surface area contributed by atoms with Crippen LogP contribution in [0.15, 0.2) is 79.1 Å². The second-order valence-corrected chi connectivity index (χ2v) is 9.38. The highest BCUT2D eigenvalue weighted by molar-refractivity contribution is 7.90. The fraction of sp³-hybridized carbons (Fsp3) is 0.261. The summed E-state index contributed by atoms with van der Waals surface area (Å²) in [5, 5.41) is 0.874. The zero-order chi connectivity index (χ0) is 21.7. The van der Waals surface area contributed by atoms with Gasteiger partial charge < -0.3 is 4.74 Å².